The first-order valence-corrected chi connectivity index (χ1v) is 6.38. The Hall–Kier alpha value is -3.07. The van der Waals surface area contributed by atoms with Gasteiger partial charge in [0, 0.05) is 12.2 Å². The van der Waals surface area contributed by atoms with E-state index in [2.05, 4.69) is 11.1 Å². The lowest BCUT2D eigenvalue weighted by Gasteiger charge is -2.24. The van der Waals surface area contributed by atoms with Crippen LogP contribution in [0.5, 0.6) is 0 Å². The molecule has 0 spiro atoms. The third-order valence-corrected chi connectivity index (χ3v) is 2.92. The Morgan fingerprint density at radius 3 is 2.67 bits per heavy atom. The molecule has 0 radical (unpaired) electrons. The van der Waals surface area contributed by atoms with Gasteiger partial charge in [0.1, 0.15) is 5.82 Å². The lowest BCUT2D eigenvalue weighted by Crippen LogP contribution is -2.24. The molecule has 1 aromatic heterocycles. The molecule has 21 heavy (non-hydrogen) atoms. The fourth-order valence-corrected chi connectivity index (χ4v) is 2.00. The largest absolute Gasteiger partial charge is 0.397 e. The second-order valence-corrected chi connectivity index (χ2v) is 4.40. The second-order valence-electron chi connectivity index (χ2n) is 4.40. The van der Waals surface area contributed by atoms with Gasteiger partial charge in [0.25, 0.3) is 5.91 Å². The van der Waals surface area contributed by atoms with Crippen LogP contribution in [0, 0.1) is 11.3 Å². The van der Waals surface area contributed by atoms with Crippen molar-refractivity contribution in [2.75, 3.05) is 17.2 Å². The minimum atomic E-state index is -0.609. The number of primary amides is 1. The van der Waals surface area contributed by atoms with Crippen molar-refractivity contribution < 1.29 is 4.79 Å². The summed E-state index contributed by atoms with van der Waals surface area (Å²) >= 11 is 0. The Kier molecular flexibility index (Phi) is 4.36. The summed E-state index contributed by atoms with van der Waals surface area (Å²) in [5.41, 5.74) is 12.5. The Bertz CT molecular complexity index is 678. The van der Waals surface area contributed by atoms with Crippen LogP contribution >= 0.6 is 0 Å². The van der Waals surface area contributed by atoms with Crippen LogP contribution in [0.1, 0.15) is 16.8 Å². The zero-order chi connectivity index (χ0) is 15.2. The van der Waals surface area contributed by atoms with E-state index in [1.54, 1.807) is 4.90 Å². The Labute approximate surface area is 122 Å². The number of amides is 1. The number of nitrogens with zero attached hydrogens (tertiary/aromatic N) is 3. The molecule has 6 nitrogen and oxygen atoms in total. The molecule has 0 atom stereocenters. The highest BCUT2D eigenvalue weighted by Crippen LogP contribution is 2.27. The smallest absolute Gasteiger partial charge is 0.252 e. The average Bonchev–Trinajstić information content (AvgIpc) is 2.49. The van der Waals surface area contributed by atoms with Crippen LogP contribution in [0.25, 0.3) is 0 Å². The number of hydrogen-bond donors (Lipinski definition) is 2. The third-order valence-electron chi connectivity index (χ3n) is 2.92. The molecule has 2 rings (SSSR count). The predicted octanol–water partition coefficient (Wildman–Crippen LogP) is 1.81. The molecule has 6 heteroatoms. The quantitative estimate of drug-likeness (QED) is 0.868. The van der Waals surface area contributed by atoms with E-state index in [4.69, 9.17) is 16.7 Å². The first-order valence-electron chi connectivity index (χ1n) is 6.38. The topological polar surface area (TPSA) is 109 Å². The number of nitrogen functional groups attached to an aromatic ring is 1. The van der Waals surface area contributed by atoms with Crippen molar-refractivity contribution in [3.05, 3.63) is 48.2 Å². The maximum absolute atomic E-state index is 11.6. The average molecular weight is 281 g/mol. The van der Waals surface area contributed by atoms with Gasteiger partial charge in [0.05, 0.1) is 29.9 Å². The molecular formula is C15H15N5O. The SMILES string of the molecule is N#CCCN(c1ccccc1)c1ncc(N)cc1C(N)=O. The molecular weight excluding hydrogens is 266 g/mol. The summed E-state index contributed by atoms with van der Waals surface area (Å²) in [6.45, 7) is 0.401. The minimum Gasteiger partial charge on any atom is -0.397 e. The van der Waals surface area contributed by atoms with Gasteiger partial charge in [-0.1, -0.05) is 18.2 Å². The van der Waals surface area contributed by atoms with Gasteiger partial charge in [0.15, 0.2) is 0 Å². The molecule has 1 aromatic carbocycles. The summed E-state index contributed by atoms with van der Waals surface area (Å²) in [5, 5.41) is 8.82. The maximum Gasteiger partial charge on any atom is 0.252 e. The van der Waals surface area contributed by atoms with Crippen molar-refractivity contribution in [2.24, 2.45) is 5.73 Å². The zero-order valence-electron chi connectivity index (χ0n) is 11.4. The molecule has 0 saturated carbocycles. The van der Waals surface area contributed by atoms with Gasteiger partial charge in [-0.25, -0.2) is 4.98 Å². The summed E-state index contributed by atoms with van der Waals surface area (Å²) in [4.78, 5) is 17.6. The van der Waals surface area contributed by atoms with E-state index < -0.39 is 5.91 Å². The van der Waals surface area contributed by atoms with E-state index in [1.807, 2.05) is 30.3 Å². The molecule has 0 bridgehead atoms. The number of benzene rings is 1. The number of rotatable bonds is 5. The zero-order valence-corrected chi connectivity index (χ0v) is 11.4. The predicted molar refractivity (Wildman–Crippen MR) is 80.8 cm³/mol. The molecule has 4 N–H and O–H groups in total. The number of nitrogens with two attached hydrogens (primary N) is 2. The van der Waals surface area contributed by atoms with Crippen LogP contribution in [0.3, 0.4) is 0 Å². The molecule has 0 unspecified atom stereocenters. The fourth-order valence-electron chi connectivity index (χ4n) is 2.00. The van der Waals surface area contributed by atoms with Crippen LogP contribution in [0.4, 0.5) is 17.2 Å². The monoisotopic (exact) mass is 281 g/mol. The number of para-hydroxylation sites is 1. The van der Waals surface area contributed by atoms with E-state index in [1.165, 1.54) is 12.3 Å². The lowest BCUT2D eigenvalue weighted by molar-refractivity contribution is 0.100. The summed E-state index contributed by atoms with van der Waals surface area (Å²) < 4.78 is 0. The number of nitriles is 1. The van der Waals surface area contributed by atoms with E-state index in [-0.39, 0.29) is 5.56 Å². The molecule has 1 amide bonds. The normalized spacial score (nSPS) is 9.86. The first-order chi connectivity index (χ1) is 10.1. The van der Waals surface area contributed by atoms with Crippen LogP contribution < -0.4 is 16.4 Å². The van der Waals surface area contributed by atoms with E-state index in [9.17, 15) is 4.79 Å². The van der Waals surface area contributed by atoms with Gasteiger partial charge in [0.2, 0.25) is 0 Å². The molecule has 0 aliphatic rings. The van der Waals surface area contributed by atoms with Crippen molar-refractivity contribution in [3.63, 3.8) is 0 Å². The molecule has 0 fully saturated rings. The molecule has 106 valence electrons. The lowest BCUT2D eigenvalue weighted by atomic mass is 10.2. The van der Waals surface area contributed by atoms with Crippen molar-refractivity contribution in [1.29, 1.82) is 5.26 Å². The summed E-state index contributed by atoms with van der Waals surface area (Å²) in [5.74, 6) is -0.208. The second kappa shape index (κ2) is 6.39. The van der Waals surface area contributed by atoms with Crippen LogP contribution in [0.15, 0.2) is 42.6 Å². The summed E-state index contributed by atoms with van der Waals surface area (Å²) in [7, 11) is 0. The van der Waals surface area contributed by atoms with Crippen LogP contribution in [-0.4, -0.2) is 17.4 Å². The van der Waals surface area contributed by atoms with E-state index in [0.29, 0.717) is 24.5 Å². The van der Waals surface area contributed by atoms with Crippen molar-refractivity contribution in [1.82, 2.24) is 4.98 Å². The van der Waals surface area contributed by atoms with E-state index in [0.717, 1.165) is 5.69 Å². The molecule has 0 saturated heterocycles. The minimum absolute atomic E-state index is 0.233. The maximum atomic E-state index is 11.6. The third kappa shape index (κ3) is 3.28. The van der Waals surface area contributed by atoms with Gasteiger partial charge in [-0.2, -0.15) is 5.26 Å². The van der Waals surface area contributed by atoms with Crippen molar-refractivity contribution in [3.8, 4) is 6.07 Å². The van der Waals surface area contributed by atoms with Gasteiger partial charge in [-0.05, 0) is 18.2 Å². The van der Waals surface area contributed by atoms with Gasteiger partial charge >= 0.3 is 0 Å². The molecule has 1 heterocycles. The van der Waals surface area contributed by atoms with Crippen molar-refractivity contribution in [2.45, 2.75) is 6.42 Å². The number of anilines is 3. The number of carbonyl (C=O) groups is 1. The highest BCUT2D eigenvalue weighted by Gasteiger charge is 2.18. The number of carbonyl (C=O) groups excluding carboxylic acids is 1. The van der Waals surface area contributed by atoms with Crippen molar-refractivity contribution >= 4 is 23.1 Å². The Balaban J connectivity index is 2.52. The molecule has 0 aliphatic carbocycles. The van der Waals surface area contributed by atoms with Crippen LogP contribution in [0.2, 0.25) is 0 Å². The molecule has 2 aromatic rings. The highest BCUT2D eigenvalue weighted by atomic mass is 16.1. The molecule has 0 aliphatic heterocycles. The first kappa shape index (κ1) is 14.3. The Morgan fingerprint density at radius 2 is 2.05 bits per heavy atom. The summed E-state index contributed by atoms with van der Waals surface area (Å²) in [6.07, 6.45) is 1.75. The Morgan fingerprint density at radius 1 is 1.33 bits per heavy atom. The van der Waals surface area contributed by atoms with E-state index >= 15 is 0 Å². The number of hydrogen-bond acceptors (Lipinski definition) is 5. The van der Waals surface area contributed by atoms with Gasteiger partial charge in [-0.3, -0.25) is 4.79 Å². The standard InChI is InChI=1S/C15H15N5O/c16-7-4-8-20(12-5-2-1-3-6-12)15-13(14(18)21)9-11(17)10-19-15/h1-3,5-6,9-10H,4,8,17H2,(H2,18,21). The van der Waals surface area contributed by atoms with Crippen LogP contribution in [-0.2, 0) is 0 Å². The number of pyridine rings is 1. The van der Waals surface area contributed by atoms with Gasteiger partial charge in [-0.15, -0.1) is 0 Å². The highest BCUT2D eigenvalue weighted by molar-refractivity contribution is 5.99. The summed E-state index contributed by atoms with van der Waals surface area (Å²) in [6, 6.07) is 13.0. The van der Waals surface area contributed by atoms with Gasteiger partial charge < -0.3 is 16.4 Å². The number of aromatic nitrogens is 1. The fraction of sp³-hybridized carbons (Fsp3) is 0.133.